The van der Waals surface area contributed by atoms with Gasteiger partial charge in [-0.15, -0.1) is 0 Å². The van der Waals surface area contributed by atoms with Crippen molar-refractivity contribution in [3.63, 3.8) is 0 Å². The second-order valence-electron chi connectivity index (χ2n) is 8.79. The molecule has 7 heteroatoms. The third-order valence-electron chi connectivity index (χ3n) is 6.41. The van der Waals surface area contributed by atoms with Crippen LogP contribution in [-0.4, -0.2) is 73.3 Å². The lowest BCUT2D eigenvalue weighted by molar-refractivity contribution is 0.0857. The van der Waals surface area contributed by atoms with Crippen molar-refractivity contribution in [2.45, 2.75) is 44.8 Å². The molecule has 0 spiro atoms. The smallest absolute Gasteiger partial charge is 0.256 e. The summed E-state index contributed by atoms with van der Waals surface area (Å²) in [5.41, 5.74) is 2.67. The molecule has 1 N–H and O–H groups in total. The Morgan fingerprint density at radius 1 is 1.23 bits per heavy atom. The normalized spacial score (nSPS) is 20.0. The van der Waals surface area contributed by atoms with Crippen molar-refractivity contribution in [2.24, 2.45) is 0 Å². The number of hydrogen-bond donors (Lipinski definition) is 1. The van der Waals surface area contributed by atoms with Crippen LogP contribution in [0.2, 0.25) is 0 Å². The highest BCUT2D eigenvalue weighted by Gasteiger charge is 2.26. The van der Waals surface area contributed by atoms with Gasteiger partial charge in [0.15, 0.2) is 5.82 Å². The van der Waals surface area contributed by atoms with E-state index in [-0.39, 0.29) is 12.0 Å². The van der Waals surface area contributed by atoms with Gasteiger partial charge in [0.1, 0.15) is 11.4 Å². The van der Waals surface area contributed by atoms with Crippen LogP contribution in [0.5, 0.6) is 0 Å². The van der Waals surface area contributed by atoms with Gasteiger partial charge in [0.2, 0.25) is 0 Å². The molecule has 2 aliphatic rings. The van der Waals surface area contributed by atoms with Gasteiger partial charge in [-0.05, 0) is 52.7 Å². The van der Waals surface area contributed by atoms with E-state index in [0.717, 1.165) is 50.9 Å². The van der Waals surface area contributed by atoms with E-state index in [9.17, 15) is 4.79 Å². The van der Waals surface area contributed by atoms with Gasteiger partial charge in [-0.1, -0.05) is 29.8 Å². The first-order valence-corrected chi connectivity index (χ1v) is 11.3. The summed E-state index contributed by atoms with van der Waals surface area (Å²) in [5, 5.41) is 3.03. The number of carbonyl (C=O) groups excluding carboxylic acids is 1. The van der Waals surface area contributed by atoms with Crippen molar-refractivity contribution in [1.29, 1.82) is 0 Å². The van der Waals surface area contributed by atoms with Crippen LogP contribution >= 0.6 is 0 Å². The molecule has 1 unspecified atom stereocenters. The molecule has 31 heavy (non-hydrogen) atoms. The highest BCUT2D eigenvalue weighted by molar-refractivity contribution is 5.99. The Balaban J connectivity index is 1.60. The Labute approximate surface area is 184 Å². The van der Waals surface area contributed by atoms with E-state index in [1.165, 1.54) is 5.56 Å². The number of amides is 1. The number of rotatable bonds is 6. The molecule has 0 aliphatic carbocycles. The number of nitrogens with one attached hydrogen (secondary N) is 1. The Bertz CT molecular complexity index is 887. The molecule has 0 bridgehead atoms. The van der Waals surface area contributed by atoms with Crippen LogP contribution in [0.3, 0.4) is 0 Å². The highest BCUT2D eigenvalue weighted by Crippen LogP contribution is 2.26. The number of likely N-dealkylation sites (tertiary alicyclic amines) is 1. The standard InChI is InChI=1S/C24H33N5O2/c1-17-6-8-18(9-7-17)22-25-16-21(24(30)26-15-20-5-4-14-31-20)23(27-22)29(3)19-10-12-28(2)13-11-19/h6-9,16,19-20H,4-5,10-15H2,1-3H3,(H,26,30). The topological polar surface area (TPSA) is 70.6 Å². The van der Waals surface area contributed by atoms with Crippen molar-refractivity contribution in [1.82, 2.24) is 20.2 Å². The zero-order chi connectivity index (χ0) is 21.8. The van der Waals surface area contributed by atoms with E-state index in [0.29, 0.717) is 29.8 Å². The number of ether oxygens (including phenoxy) is 1. The Morgan fingerprint density at radius 2 is 1.97 bits per heavy atom. The molecule has 1 aromatic heterocycles. The Hall–Kier alpha value is -2.51. The van der Waals surface area contributed by atoms with E-state index < -0.39 is 0 Å². The maximum absolute atomic E-state index is 13.1. The largest absolute Gasteiger partial charge is 0.376 e. The average Bonchev–Trinajstić information content (AvgIpc) is 3.31. The first kappa shape index (κ1) is 21.7. The molecule has 1 aromatic carbocycles. The van der Waals surface area contributed by atoms with E-state index in [1.807, 2.05) is 19.2 Å². The van der Waals surface area contributed by atoms with Crippen LogP contribution in [0.25, 0.3) is 11.4 Å². The molecule has 1 atom stereocenters. The lowest BCUT2D eigenvalue weighted by atomic mass is 10.0. The molecule has 2 aliphatic heterocycles. The molecule has 7 nitrogen and oxygen atoms in total. The summed E-state index contributed by atoms with van der Waals surface area (Å²) >= 11 is 0. The highest BCUT2D eigenvalue weighted by atomic mass is 16.5. The summed E-state index contributed by atoms with van der Waals surface area (Å²) in [7, 11) is 4.20. The predicted molar refractivity (Wildman–Crippen MR) is 122 cm³/mol. The molecule has 0 saturated carbocycles. The maximum atomic E-state index is 13.1. The third-order valence-corrected chi connectivity index (χ3v) is 6.41. The van der Waals surface area contributed by atoms with Crippen LogP contribution in [0.1, 0.15) is 41.6 Å². The first-order chi connectivity index (χ1) is 15.0. The molecule has 3 heterocycles. The second-order valence-corrected chi connectivity index (χ2v) is 8.79. The van der Waals surface area contributed by atoms with Gasteiger partial charge in [-0.2, -0.15) is 0 Å². The number of aromatic nitrogens is 2. The van der Waals surface area contributed by atoms with Crippen molar-refractivity contribution < 1.29 is 9.53 Å². The van der Waals surface area contributed by atoms with Gasteiger partial charge in [0.25, 0.3) is 5.91 Å². The molecule has 4 rings (SSSR count). The Kier molecular flexibility index (Phi) is 6.83. The zero-order valence-electron chi connectivity index (χ0n) is 18.8. The van der Waals surface area contributed by atoms with Gasteiger partial charge in [0, 0.05) is 38.0 Å². The molecule has 2 saturated heterocycles. The quantitative estimate of drug-likeness (QED) is 0.770. The van der Waals surface area contributed by atoms with Crippen LogP contribution in [0.4, 0.5) is 5.82 Å². The fourth-order valence-electron chi connectivity index (χ4n) is 4.31. The van der Waals surface area contributed by atoms with Crippen LogP contribution < -0.4 is 10.2 Å². The summed E-state index contributed by atoms with van der Waals surface area (Å²) < 4.78 is 5.65. The van der Waals surface area contributed by atoms with E-state index in [4.69, 9.17) is 9.72 Å². The van der Waals surface area contributed by atoms with Gasteiger partial charge < -0.3 is 19.9 Å². The average molecular weight is 424 g/mol. The van der Waals surface area contributed by atoms with Crippen molar-refractivity contribution >= 4 is 11.7 Å². The minimum Gasteiger partial charge on any atom is -0.376 e. The summed E-state index contributed by atoms with van der Waals surface area (Å²) in [5.74, 6) is 1.20. The van der Waals surface area contributed by atoms with E-state index in [1.54, 1.807) is 6.20 Å². The fraction of sp³-hybridized carbons (Fsp3) is 0.542. The lowest BCUT2D eigenvalue weighted by Crippen LogP contribution is -2.43. The molecule has 1 amide bonds. The number of nitrogens with zero attached hydrogens (tertiary/aromatic N) is 4. The first-order valence-electron chi connectivity index (χ1n) is 11.3. The number of aryl methyl sites for hydroxylation is 1. The minimum absolute atomic E-state index is 0.103. The fourth-order valence-corrected chi connectivity index (χ4v) is 4.31. The second kappa shape index (κ2) is 9.75. The number of piperidine rings is 1. The molecular formula is C24H33N5O2. The number of benzene rings is 1. The molecular weight excluding hydrogens is 390 g/mol. The summed E-state index contributed by atoms with van der Waals surface area (Å²) in [6, 6.07) is 8.52. The number of hydrogen-bond acceptors (Lipinski definition) is 6. The molecule has 0 radical (unpaired) electrons. The van der Waals surface area contributed by atoms with Gasteiger partial charge >= 0.3 is 0 Å². The third kappa shape index (κ3) is 5.22. The van der Waals surface area contributed by atoms with Crippen LogP contribution in [0.15, 0.2) is 30.5 Å². The van der Waals surface area contributed by atoms with Crippen LogP contribution in [0, 0.1) is 6.92 Å². The molecule has 166 valence electrons. The summed E-state index contributed by atoms with van der Waals surface area (Å²) in [6.45, 7) is 5.46. The van der Waals surface area contributed by atoms with Gasteiger partial charge in [-0.3, -0.25) is 4.79 Å². The van der Waals surface area contributed by atoms with Crippen molar-refractivity contribution in [3.8, 4) is 11.4 Å². The number of carbonyl (C=O) groups is 1. The minimum atomic E-state index is -0.138. The van der Waals surface area contributed by atoms with Crippen molar-refractivity contribution in [2.75, 3.05) is 45.2 Å². The SMILES string of the molecule is Cc1ccc(-c2ncc(C(=O)NCC3CCCO3)c(N(C)C3CCN(C)CC3)n2)cc1. The summed E-state index contributed by atoms with van der Waals surface area (Å²) in [4.78, 5) is 27.0. The Morgan fingerprint density at radius 3 is 2.65 bits per heavy atom. The summed E-state index contributed by atoms with van der Waals surface area (Å²) in [6.07, 6.45) is 5.92. The zero-order valence-corrected chi connectivity index (χ0v) is 18.8. The number of anilines is 1. The molecule has 2 fully saturated rings. The van der Waals surface area contributed by atoms with Gasteiger partial charge in [-0.25, -0.2) is 9.97 Å². The van der Waals surface area contributed by atoms with Crippen LogP contribution in [-0.2, 0) is 4.74 Å². The van der Waals surface area contributed by atoms with Crippen molar-refractivity contribution in [3.05, 3.63) is 41.6 Å². The molecule has 2 aromatic rings. The predicted octanol–water partition coefficient (Wildman–Crippen LogP) is 2.89. The van der Waals surface area contributed by atoms with Gasteiger partial charge in [0.05, 0.1) is 6.10 Å². The maximum Gasteiger partial charge on any atom is 0.256 e. The monoisotopic (exact) mass is 423 g/mol. The lowest BCUT2D eigenvalue weighted by Gasteiger charge is -2.36. The van der Waals surface area contributed by atoms with E-state index in [2.05, 4.69) is 46.2 Å². The van der Waals surface area contributed by atoms with E-state index >= 15 is 0 Å².